The molecule has 0 bridgehead atoms. The average molecular weight is 326 g/mol. The van der Waals surface area contributed by atoms with Crippen molar-refractivity contribution in [2.75, 3.05) is 38.4 Å². The van der Waals surface area contributed by atoms with Crippen molar-refractivity contribution in [2.45, 2.75) is 11.6 Å². The van der Waals surface area contributed by atoms with Gasteiger partial charge in [0.1, 0.15) is 30.3 Å². The number of rotatable bonds is 7. The molecule has 0 spiro atoms. The lowest BCUT2D eigenvalue weighted by atomic mass is 10.3. The van der Waals surface area contributed by atoms with Gasteiger partial charge in [-0.3, -0.25) is 9.36 Å². The quantitative estimate of drug-likeness (QED) is 0.504. The molecule has 0 fully saturated rings. The van der Waals surface area contributed by atoms with Crippen LogP contribution in [0.1, 0.15) is 0 Å². The second kappa shape index (κ2) is 7.29. The first-order chi connectivity index (χ1) is 10.6. The lowest BCUT2D eigenvalue weighted by Crippen LogP contribution is -2.10. The second-order valence-corrected chi connectivity index (χ2v) is 5.28. The largest absolute Gasteiger partial charge is 0.384 e. The van der Waals surface area contributed by atoms with Crippen molar-refractivity contribution in [3.8, 4) is 0 Å². The number of thioether (sulfide) groups is 1. The highest BCUT2D eigenvalue weighted by Crippen LogP contribution is 2.38. The molecule has 2 heterocycles. The van der Waals surface area contributed by atoms with Crippen LogP contribution < -0.4 is 16.8 Å². The van der Waals surface area contributed by atoms with E-state index >= 15 is 0 Å². The smallest absolute Gasteiger partial charge is 0.281 e. The average Bonchev–Trinajstić information content (AvgIpc) is 2.76. The van der Waals surface area contributed by atoms with Crippen LogP contribution >= 0.6 is 11.8 Å². The van der Waals surface area contributed by atoms with Crippen molar-refractivity contribution >= 4 is 39.7 Å². The number of hydrogen-bond acceptors (Lipinski definition) is 8. The van der Waals surface area contributed by atoms with Crippen LogP contribution in [0.4, 0.5) is 16.4 Å². The van der Waals surface area contributed by atoms with E-state index in [0.717, 1.165) is 11.8 Å². The van der Waals surface area contributed by atoms with E-state index < -0.39 is 5.24 Å². The molecule has 10 heteroatoms. The number of fused-ring (bicyclic) bond motifs is 1. The van der Waals surface area contributed by atoms with Gasteiger partial charge in [-0.05, 0) is 11.8 Å². The molecule has 0 unspecified atom stereocenters. The zero-order valence-electron chi connectivity index (χ0n) is 12.3. The second-order valence-electron chi connectivity index (χ2n) is 4.26. The summed E-state index contributed by atoms with van der Waals surface area (Å²) in [5.41, 5.74) is 12.0. The van der Waals surface area contributed by atoms with E-state index in [9.17, 15) is 4.79 Å². The lowest BCUT2D eigenvalue weighted by molar-refractivity contribution is 0.0365. The molecule has 120 valence electrons. The Balaban J connectivity index is 2.47. The number of nitrogens with one attached hydrogen (secondary N) is 1. The van der Waals surface area contributed by atoms with Crippen LogP contribution in [0.5, 0.6) is 0 Å². The summed E-state index contributed by atoms with van der Waals surface area (Å²) in [4.78, 5) is 20.2. The number of methoxy groups -OCH3 is 1. The highest BCUT2D eigenvalue weighted by Gasteiger charge is 2.21. The summed E-state index contributed by atoms with van der Waals surface area (Å²) in [5.74, 6) is 0.921. The summed E-state index contributed by atoms with van der Waals surface area (Å²) >= 11 is 0.841. The van der Waals surface area contributed by atoms with Gasteiger partial charge in [0.2, 0.25) is 0 Å². The number of amides is 1. The van der Waals surface area contributed by atoms with Crippen LogP contribution in [-0.4, -0.2) is 47.1 Å². The Morgan fingerprint density at radius 1 is 1.45 bits per heavy atom. The number of primary amides is 1. The number of ether oxygens (including phenoxy) is 2. The van der Waals surface area contributed by atoms with Crippen molar-refractivity contribution in [3.63, 3.8) is 0 Å². The fourth-order valence-corrected chi connectivity index (χ4v) is 2.68. The first kappa shape index (κ1) is 16.3. The zero-order chi connectivity index (χ0) is 16.1. The minimum Gasteiger partial charge on any atom is -0.384 e. The molecule has 0 aliphatic rings. The molecule has 0 saturated heterocycles. The van der Waals surface area contributed by atoms with E-state index in [2.05, 4.69) is 15.3 Å². The summed E-state index contributed by atoms with van der Waals surface area (Å²) in [5, 5.41) is 3.04. The van der Waals surface area contributed by atoms with E-state index in [1.54, 1.807) is 18.7 Å². The lowest BCUT2D eigenvalue weighted by Gasteiger charge is -2.08. The molecule has 2 aromatic heterocycles. The summed E-state index contributed by atoms with van der Waals surface area (Å²) in [6, 6.07) is 0. The number of anilines is 2. The third-order valence-corrected chi connectivity index (χ3v) is 3.74. The zero-order valence-corrected chi connectivity index (χ0v) is 13.1. The maximum absolute atomic E-state index is 11.3. The Bertz CT molecular complexity index is 674. The Labute approximate surface area is 131 Å². The first-order valence-electron chi connectivity index (χ1n) is 6.44. The monoisotopic (exact) mass is 326 g/mol. The van der Waals surface area contributed by atoms with Crippen LogP contribution in [0.15, 0.2) is 11.2 Å². The number of nitrogens with two attached hydrogens (primary N) is 2. The van der Waals surface area contributed by atoms with Gasteiger partial charge in [-0.15, -0.1) is 0 Å². The van der Waals surface area contributed by atoms with Crippen LogP contribution in [0.2, 0.25) is 0 Å². The summed E-state index contributed by atoms with van der Waals surface area (Å²) in [6.07, 6.45) is 1.41. The molecule has 1 amide bonds. The summed E-state index contributed by atoms with van der Waals surface area (Å²) in [7, 11) is 3.32. The van der Waals surface area contributed by atoms with Crippen molar-refractivity contribution in [1.29, 1.82) is 0 Å². The van der Waals surface area contributed by atoms with Gasteiger partial charge in [0, 0.05) is 14.2 Å². The van der Waals surface area contributed by atoms with Gasteiger partial charge in [0.25, 0.3) is 5.24 Å². The van der Waals surface area contributed by atoms with Gasteiger partial charge >= 0.3 is 0 Å². The van der Waals surface area contributed by atoms with Crippen LogP contribution in [0.25, 0.3) is 11.0 Å². The Hall–Kier alpha value is -2.04. The summed E-state index contributed by atoms with van der Waals surface area (Å²) < 4.78 is 12.1. The molecule has 0 atom stereocenters. The van der Waals surface area contributed by atoms with Crippen molar-refractivity contribution in [3.05, 3.63) is 6.33 Å². The molecule has 9 nitrogen and oxygen atoms in total. The molecule has 0 aliphatic carbocycles. The molecular weight excluding hydrogens is 308 g/mol. The predicted molar refractivity (Wildman–Crippen MR) is 84.8 cm³/mol. The van der Waals surface area contributed by atoms with Gasteiger partial charge in [0.05, 0.1) is 23.5 Å². The van der Waals surface area contributed by atoms with Gasteiger partial charge in [0.15, 0.2) is 0 Å². The maximum Gasteiger partial charge on any atom is 0.281 e. The van der Waals surface area contributed by atoms with E-state index in [-0.39, 0.29) is 6.73 Å². The SMILES string of the molecule is CNc1ncnc2c1c(SC(N)=O)c(N)n2COCCOC. The highest BCUT2D eigenvalue weighted by molar-refractivity contribution is 8.13. The molecule has 5 N–H and O–H groups in total. The summed E-state index contributed by atoms with van der Waals surface area (Å²) in [6.45, 7) is 1.07. The van der Waals surface area contributed by atoms with E-state index in [4.69, 9.17) is 20.9 Å². The number of hydrogen-bond donors (Lipinski definition) is 3. The number of nitrogen functional groups attached to an aromatic ring is 1. The van der Waals surface area contributed by atoms with Crippen molar-refractivity contribution < 1.29 is 14.3 Å². The normalized spacial score (nSPS) is 11.0. The van der Waals surface area contributed by atoms with Gasteiger partial charge in [-0.25, -0.2) is 9.97 Å². The van der Waals surface area contributed by atoms with Gasteiger partial charge in [-0.2, -0.15) is 0 Å². The molecule has 0 saturated carbocycles. The standard InChI is InChI=1S/C12H18N6O3S/c1-15-10-7-8(22-12(14)19)9(13)18(6-21-4-3-20-2)11(7)17-5-16-10/h5H,3-4,6,13H2,1-2H3,(H2,14,19)(H,15,16,17). The van der Waals surface area contributed by atoms with Crippen molar-refractivity contribution in [1.82, 2.24) is 14.5 Å². The first-order valence-corrected chi connectivity index (χ1v) is 7.26. The van der Waals surface area contributed by atoms with Crippen LogP contribution in [-0.2, 0) is 16.2 Å². The third-order valence-electron chi connectivity index (χ3n) is 2.93. The Kier molecular flexibility index (Phi) is 5.41. The Morgan fingerprint density at radius 3 is 2.86 bits per heavy atom. The van der Waals surface area contributed by atoms with E-state index in [0.29, 0.717) is 40.8 Å². The molecular formula is C12H18N6O3S. The minimum absolute atomic E-state index is 0.186. The number of aromatic nitrogens is 3. The third kappa shape index (κ3) is 3.24. The Morgan fingerprint density at radius 2 is 2.23 bits per heavy atom. The van der Waals surface area contributed by atoms with Gasteiger partial charge in [-0.1, -0.05) is 0 Å². The predicted octanol–water partition coefficient (Wildman–Crippen LogP) is 0.846. The number of carbonyl (C=O) groups is 1. The molecule has 0 aliphatic heterocycles. The fourth-order valence-electron chi connectivity index (χ4n) is 1.98. The minimum atomic E-state index is -0.558. The number of carbonyl (C=O) groups excluding carboxylic acids is 1. The molecule has 2 aromatic rings. The van der Waals surface area contributed by atoms with Gasteiger partial charge < -0.3 is 26.3 Å². The highest BCUT2D eigenvalue weighted by atomic mass is 32.2. The molecule has 2 rings (SSSR count). The molecule has 0 aromatic carbocycles. The molecule has 22 heavy (non-hydrogen) atoms. The fraction of sp³-hybridized carbons (Fsp3) is 0.417. The molecule has 0 radical (unpaired) electrons. The van der Waals surface area contributed by atoms with Crippen LogP contribution in [0, 0.1) is 0 Å². The van der Waals surface area contributed by atoms with Crippen LogP contribution in [0.3, 0.4) is 0 Å². The number of nitrogens with zero attached hydrogens (tertiary/aromatic N) is 3. The maximum atomic E-state index is 11.3. The van der Waals surface area contributed by atoms with E-state index in [1.807, 2.05) is 0 Å². The van der Waals surface area contributed by atoms with E-state index in [1.165, 1.54) is 6.33 Å². The van der Waals surface area contributed by atoms with Crippen molar-refractivity contribution in [2.24, 2.45) is 5.73 Å². The topological polar surface area (TPSA) is 130 Å².